The number of nitrogens with one attached hydrogen (secondary N) is 1. The Morgan fingerprint density at radius 1 is 1.00 bits per heavy atom. The van der Waals surface area contributed by atoms with E-state index in [-0.39, 0.29) is 17.6 Å². The fourth-order valence-corrected chi connectivity index (χ4v) is 4.64. The molecular weight excluding hydrogens is 432 g/mol. The lowest BCUT2D eigenvalue weighted by molar-refractivity contribution is 0.0697. The summed E-state index contributed by atoms with van der Waals surface area (Å²) >= 11 is 5.78. The zero-order valence-electron chi connectivity index (χ0n) is 17.7. The van der Waals surface area contributed by atoms with E-state index in [9.17, 15) is 9.90 Å². The topological polar surface area (TPSA) is 70.4 Å². The number of carbonyl (C=O) groups is 1. The average Bonchev–Trinajstić information content (AvgIpc) is 3.45. The van der Waals surface area contributed by atoms with Gasteiger partial charge in [0.15, 0.2) is 5.11 Å². The van der Waals surface area contributed by atoms with Gasteiger partial charge in [-0.3, -0.25) is 4.98 Å². The normalized spacial score (nSPS) is 17.7. The Kier molecular flexibility index (Phi) is 5.62. The monoisotopic (exact) mass is 454 g/mol. The number of hydrogen-bond donors (Lipinski definition) is 2. The zero-order valence-corrected chi connectivity index (χ0v) is 18.5. The molecule has 2 aromatic carbocycles. The summed E-state index contributed by atoms with van der Waals surface area (Å²) in [4.78, 5) is 18.3. The maximum Gasteiger partial charge on any atom is 0.335 e. The molecule has 2 aromatic heterocycles. The molecule has 0 spiro atoms. The molecule has 4 aromatic rings. The highest BCUT2D eigenvalue weighted by molar-refractivity contribution is 7.80. The molecule has 1 saturated heterocycles. The number of aromatic nitrogens is 2. The summed E-state index contributed by atoms with van der Waals surface area (Å²) in [5.74, 6) is -0.952. The smallest absolute Gasteiger partial charge is 0.335 e. The van der Waals surface area contributed by atoms with Gasteiger partial charge in [-0.15, -0.1) is 0 Å². The largest absolute Gasteiger partial charge is 0.478 e. The fourth-order valence-electron chi connectivity index (χ4n) is 4.34. The Balaban J connectivity index is 1.61. The van der Waals surface area contributed by atoms with Gasteiger partial charge < -0.3 is 19.9 Å². The van der Waals surface area contributed by atoms with Crippen molar-refractivity contribution in [3.8, 4) is 5.69 Å². The van der Waals surface area contributed by atoms with Crippen LogP contribution in [-0.2, 0) is 6.54 Å². The van der Waals surface area contributed by atoms with Crippen LogP contribution in [-0.4, -0.2) is 30.6 Å². The molecule has 0 radical (unpaired) electrons. The van der Waals surface area contributed by atoms with Gasteiger partial charge in [-0.05, 0) is 60.2 Å². The highest BCUT2D eigenvalue weighted by atomic mass is 32.1. The lowest BCUT2D eigenvalue weighted by Gasteiger charge is -2.29. The van der Waals surface area contributed by atoms with Crippen molar-refractivity contribution >= 4 is 23.3 Å². The van der Waals surface area contributed by atoms with Crippen LogP contribution in [0.15, 0.2) is 97.3 Å². The summed E-state index contributed by atoms with van der Waals surface area (Å²) in [5, 5.41) is 13.6. The van der Waals surface area contributed by atoms with Gasteiger partial charge in [0.1, 0.15) is 0 Å². The van der Waals surface area contributed by atoms with Crippen LogP contribution >= 0.6 is 12.2 Å². The second kappa shape index (κ2) is 8.88. The molecule has 5 rings (SSSR count). The Morgan fingerprint density at radius 3 is 2.58 bits per heavy atom. The van der Waals surface area contributed by atoms with Crippen LogP contribution in [0, 0.1) is 0 Å². The van der Waals surface area contributed by atoms with Crippen LogP contribution in [0.1, 0.15) is 39.4 Å². The van der Waals surface area contributed by atoms with Gasteiger partial charge in [-0.25, -0.2) is 4.79 Å². The first-order valence-corrected chi connectivity index (χ1v) is 11.1. The zero-order chi connectivity index (χ0) is 22.8. The second-order valence-electron chi connectivity index (χ2n) is 7.90. The number of carboxylic acids is 1. The molecule has 33 heavy (non-hydrogen) atoms. The Hall–Kier alpha value is -3.97. The number of benzene rings is 2. The molecule has 1 fully saturated rings. The van der Waals surface area contributed by atoms with Crippen LogP contribution in [0.4, 0.5) is 0 Å². The van der Waals surface area contributed by atoms with Crippen molar-refractivity contribution in [2.45, 2.75) is 18.6 Å². The van der Waals surface area contributed by atoms with Crippen molar-refractivity contribution in [2.24, 2.45) is 0 Å². The molecule has 3 heterocycles. The summed E-state index contributed by atoms with van der Waals surface area (Å²) in [6.07, 6.45) is 3.74. The fraction of sp³-hybridized carbons (Fsp3) is 0.115. The molecule has 0 bridgehead atoms. The average molecular weight is 455 g/mol. The van der Waals surface area contributed by atoms with Gasteiger partial charge in [0.2, 0.25) is 0 Å². The number of thiocarbonyl (C=S) groups is 1. The maximum atomic E-state index is 11.5. The molecule has 7 heteroatoms. The van der Waals surface area contributed by atoms with Crippen LogP contribution in [0.3, 0.4) is 0 Å². The second-order valence-corrected chi connectivity index (χ2v) is 8.29. The summed E-state index contributed by atoms with van der Waals surface area (Å²) in [6, 6.07) is 26.8. The third kappa shape index (κ3) is 4.10. The molecule has 0 saturated carbocycles. The molecule has 2 atom stereocenters. The molecule has 6 nitrogen and oxygen atoms in total. The first kappa shape index (κ1) is 20.9. The van der Waals surface area contributed by atoms with E-state index in [1.807, 2.05) is 59.3 Å². The third-order valence-electron chi connectivity index (χ3n) is 5.85. The number of nitrogens with zero attached hydrogens (tertiary/aromatic N) is 3. The summed E-state index contributed by atoms with van der Waals surface area (Å²) in [7, 11) is 0. The van der Waals surface area contributed by atoms with E-state index in [1.165, 1.54) is 0 Å². The Labute approximate surface area is 197 Å². The van der Waals surface area contributed by atoms with E-state index in [4.69, 9.17) is 12.2 Å². The van der Waals surface area contributed by atoms with E-state index in [1.54, 1.807) is 24.4 Å². The summed E-state index contributed by atoms with van der Waals surface area (Å²) < 4.78 is 2.03. The molecule has 2 N–H and O–H groups in total. The molecule has 164 valence electrons. The van der Waals surface area contributed by atoms with Crippen molar-refractivity contribution < 1.29 is 9.90 Å². The minimum absolute atomic E-state index is 0.143. The number of aromatic carboxylic acids is 1. The first-order valence-electron chi connectivity index (χ1n) is 10.6. The van der Waals surface area contributed by atoms with E-state index in [0.29, 0.717) is 11.7 Å². The number of carboxylic acid groups (broad SMARTS) is 1. The van der Waals surface area contributed by atoms with Crippen molar-refractivity contribution in [1.29, 1.82) is 0 Å². The lowest BCUT2D eigenvalue weighted by Crippen LogP contribution is -2.30. The summed E-state index contributed by atoms with van der Waals surface area (Å²) in [5.41, 5.74) is 4.07. The maximum absolute atomic E-state index is 11.5. The van der Waals surface area contributed by atoms with E-state index in [2.05, 4.69) is 33.4 Å². The number of pyridine rings is 1. The van der Waals surface area contributed by atoms with Crippen LogP contribution in [0.2, 0.25) is 0 Å². The lowest BCUT2D eigenvalue weighted by atomic mass is 10.0. The van der Waals surface area contributed by atoms with Gasteiger partial charge in [0.25, 0.3) is 0 Å². The van der Waals surface area contributed by atoms with Gasteiger partial charge in [-0.1, -0.05) is 42.5 Å². The van der Waals surface area contributed by atoms with Crippen LogP contribution in [0.5, 0.6) is 0 Å². The quantitative estimate of drug-likeness (QED) is 0.410. The van der Waals surface area contributed by atoms with E-state index < -0.39 is 5.97 Å². The predicted octanol–water partition coefficient (Wildman–Crippen LogP) is 4.74. The van der Waals surface area contributed by atoms with Gasteiger partial charge in [0, 0.05) is 30.3 Å². The van der Waals surface area contributed by atoms with Gasteiger partial charge in [-0.2, -0.15) is 0 Å². The molecule has 0 aliphatic carbocycles. The number of hydrogen-bond acceptors (Lipinski definition) is 3. The van der Waals surface area contributed by atoms with Crippen molar-refractivity contribution in [3.05, 3.63) is 120 Å². The summed E-state index contributed by atoms with van der Waals surface area (Å²) in [6.45, 7) is 0.640. The van der Waals surface area contributed by atoms with E-state index >= 15 is 0 Å². The highest BCUT2D eigenvalue weighted by Gasteiger charge is 2.41. The standard InChI is InChI=1S/C26H22N4O2S/c31-25(32)19-10-6-11-20(16-19)29-15-7-13-22(29)24-23(21-12-4-5-14-27-21)28-26(33)30(24)17-18-8-2-1-3-9-18/h1-16,23-24H,17H2,(H,28,33)(H,31,32)/t23-,24-/m0/s1. The third-order valence-corrected chi connectivity index (χ3v) is 6.20. The highest BCUT2D eigenvalue weighted by Crippen LogP contribution is 2.40. The Morgan fingerprint density at radius 2 is 1.82 bits per heavy atom. The van der Waals surface area contributed by atoms with Crippen molar-refractivity contribution in [3.63, 3.8) is 0 Å². The van der Waals surface area contributed by atoms with Crippen molar-refractivity contribution in [1.82, 2.24) is 19.8 Å². The van der Waals surface area contributed by atoms with E-state index in [0.717, 1.165) is 22.6 Å². The Bertz CT molecular complexity index is 1290. The van der Waals surface area contributed by atoms with Crippen LogP contribution < -0.4 is 5.32 Å². The van der Waals surface area contributed by atoms with Crippen LogP contribution in [0.25, 0.3) is 5.69 Å². The minimum atomic E-state index is -0.952. The van der Waals surface area contributed by atoms with Gasteiger partial charge >= 0.3 is 5.97 Å². The molecule has 1 aliphatic heterocycles. The van der Waals surface area contributed by atoms with Gasteiger partial charge in [0.05, 0.1) is 23.3 Å². The first-order chi connectivity index (χ1) is 16.1. The van der Waals surface area contributed by atoms with Crippen molar-refractivity contribution in [2.75, 3.05) is 0 Å². The predicted molar refractivity (Wildman–Crippen MR) is 130 cm³/mol. The molecule has 0 amide bonds. The minimum Gasteiger partial charge on any atom is -0.478 e. The SMILES string of the molecule is O=C(O)c1cccc(-n2cccc2[C@H]2[C@H](c3ccccn3)NC(=S)N2Cc2ccccc2)c1. The number of rotatable bonds is 6. The molecule has 1 aliphatic rings. The molecule has 0 unspecified atom stereocenters. The molecular formula is C26H22N4O2S.